The van der Waals surface area contributed by atoms with Gasteiger partial charge in [-0.2, -0.15) is 0 Å². The van der Waals surface area contributed by atoms with Crippen LogP contribution in [0.2, 0.25) is 0 Å². The minimum atomic E-state index is -0.452. The summed E-state index contributed by atoms with van der Waals surface area (Å²) in [5.74, 6) is 1.53. The SMILES string of the molecule is CCCO[C@@]12CCC[C@@H]3Oc4c(O)ccc5c4[C@@]31CC[N+]([O-])(CC1CC1)[C@@H]2C5. The van der Waals surface area contributed by atoms with Crippen molar-refractivity contribution >= 4 is 0 Å². The van der Waals surface area contributed by atoms with Crippen molar-refractivity contribution in [2.45, 2.75) is 81.5 Å². The van der Waals surface area contributed by atoms with E-state index < -0.39 is 5.60 Å². The normalized spacial score (nSPS) is 42.8. The van der Waals surface area contributed by atoms with E-state index in [4.69, 9.17) is 9.47 Å². The molecule has 5 atom stereocenters. The molecule has 152 valence electrons. The number of piperidine rings is 1. The van der Waals surface area contributed by atoms with Crippen molar-refractivity contribution in [2.24, 2.45) is 5.92 Å². The van der Waals surface area contributed by atoms with E-state index in [-0.39, 0.29) is 28.0 Å². The van der Waals surface area contributed by atoms with Crippen LogP contribution >= 0.6 is 0 Å². The van der Waals surface area contributed by atoms with E-state index in [1.807, 2.05) is 6.07 Å². The van der Waals surface area contributed by atoms with Gasteiger partial charge in [-0.15, -0.1) is 0 Å². The summed E-state index contributed by atoms with van der Waals surface area (Å²) < 4.78 is 13.2. The summed E-state index contributed by atoms with van der Waals surface area (Å²) in [5, 5.41) is 24.9. The first-order valence-corrected chi connectivity index (χ1v) is 11.3. The number of hydroxylamine groups is 3. The van der Waals surface area contributed by atoms with Gasteiger partial charge in [-0.05, 0) is 50.2 Å². The quantitative estimate of drug-likeness (QED) is 0.619. The lowest BCUT2D eigenvalue weighted by molar-refractivity contribution is -0.924. The van der Waals surface area contributed by atoms with Crippen LogP contribution in [0.1, 0.15) is 63.0 Å². The molecule has 1 spiro atoms. The summed E-state index contributed by atoms with van der Waals surface area (Å²) in [7, 11) is 0. The van der Waals surface area contributed by atoms with E-state index in [9.17, 15) is 10.3 Å². The Kier molecular flexibility index (Phi) is 3.54. The number of ether oxygens (including phenoxy) is 2. The summed E-state index contributed by atoms with van der Waals surface area (Å²) in [5.41, 5.74) is 1.68. The van der Waals surface area contributed by atoms with Crippen molar-refractivity contribution in [3.63, 3.8) is 0 Å². The average Bonchev–Trinajstić information content (AvgIpc) is 3.42. The maximum atomic E-state index is 14.3. The zero-order valence-corrected chi connectivity index (χ0v) is 16.8. The largest absolute Gasteiger partial charge is 0.632 e. The second-order valence-corrected chi connectivity index (χ2v) is 9.93. The fraction of sp³-hybridized carbons (Fsp3) is 0.739. The first-order chi connectivity index (χ1) is 13.5. The van der Waals surface area contributed by atoms with Gasteiger partial charge in [0.05, 0.1) is 18.5 Å². The standard InChI is InChI=1S/C23H31NO4/c1-2-12-27-23-9-3-4-19-22(23)10-11-24(26,14-15-5-6-15)18(23)13-16-7-8-17(25)21(28-19)20(16)22/h7-8,15,18-19,25H,2-6,9-14H2,1H3/t18-,19+,22-,23-,24?/m1/s1. The Labute approximate surface area is 166 Å². The van der Waals surface area contributed by atoms with Crippen LogP contribution < -0.4 is 4.74 Å². The van der Waals surface area contributed by atoms with E-state index in [0.29, 0.717) is 24.8 Å². The third kappa shape index (κ3) is 1.98. The van der Waals surface area contributed by atoms with Crippen LogP contribution in [0.3, 0.4) is 0 Å². The number of phenolic OH excluding ortho intramolecular Hbond substituents is 1. The molecule has 0 aromatic heterocycles. The lowest BCUT2D eigenvalue weighted by Gasteiger charge is -2.68. The van der Waals surface area contributed by atoms with Crippen LogP contribution in [0, 0.1) is 11.1 Å². The number of rotatable bonds is 5. The van der Waals surface area contributed by atoms with E-state index in [2.05, 4.69) is 6.92 Å². The van der Waals surface area contributed by atoms with Crippen LogP contribution in [0.25, 0.3) is 0 Å². The zero-order valence-electron chi connectivity index (χ0n) is 16.8. The predicted octanol–water partition coefficient (Wildman–Crippen LogP) is 3.79. The van der Waals surface area contributed by atoms with Gasteiger partial charge < -0.3 is 24.4 Å². The summed E-state index contributed by atoms with van der Waals surface area (Å²) in [4.78, 5) is 0. The molecule has 5 aliphatic rings. The van der Waals surface area contributed by atoms with Crippen LogP contribution in [0.15, 0.2) is 12.1 Å². The Morgan fingerprint density at radius 1 is 1.29 bits per heavy atom. The molecule has 1 saturated heterocycles. The molecule has 2 bridgehead atoms. The molecule has 3 aliphatic carbocycles. The number of benzene rings is 1. The fourth-order valence-electron chi connectivity index (χ4n) is 7.30. The minimum absolute atomic E-state index is 0.0256. The predicted molar refractivity (Wildman–Crippen MR) is 105 cm³/mol. The molecule has 5 nitrogen and oxygen atoms in total. The Balaban J connectivity index is 1.57. The molecule has 0 amide bonds. The van der Waals surface area contributed by atoms with Gasteiger partial charge >= 0.3 is 0 Å². The third-order valence-electron chi connectivity index (χ3n) is 8.48. The number of phenols is 1. The number of hydrogen-bond donors (Lipinski definition) is 1. The number of hydrogen-bond acceptors (Lipinski definition) is 4. The summed E-state index contributed by atoms with van der Waals surface area (Å²) in [6, 6.07) is 3.75. The Hall–Kier alpha value is -1.30. The maximum Gasteiger partial charge on any atom is 0.165 e. The number of quaternary nitrogens is 1. The lowest BCUT2D eigenvalue weighted by atomic mass is 9.49. The van der Waals surface area contributed by atoms with Crippen LogP contribution in [0.4, 0.5) is 0 Å². The summed E-state index contributed by atoms with van der Waals surface area (Å²) in [6.45, 7) is 4.25. The van der Waals surface area contributed by atoms with E-state index in [1.54, 1.807) is 6.07 Å². The van der Waals surface area contributed by atoms with Crippen LogP contribution in [0.5, 0.6) is 11.5 Å². The van der Waals surface area contributed by atoms with Gasteiger partial charge in [-0.1, -0.05) is 13.0 Å². The highest BCUT2D eigenvalue weighted by molar-refractivity contribution is 5.62. The first kappa shape index (κ1) is 17.5. The second-order valence-electron chi connectivity index (χ2n) is 9.93. The Bertz CT molecular complexity index is 823. The highest BCUT2D eigenvalue weighted by Crippen LogP contribution is 2.67. The summed E-state index contributed by atoms with van der Waals surface area (Å²) in [6.07, 6.45) is 7.93. The highest BCUT2D eigenvalue weighted by atomic mass is 16.6. The van der Waals surface area contributed by atoms with Gasteiger partial charge in [0, 0.05) is 30.9 Å². The van der Waals surface area contributed by atoms with Gasteiger partial charge in [0.1, 0.15) is 17.7 Å². The van der Waals surface area contributed by atoms with E-state index in [0.717, 1.165) is 45.1 Å². The smallest absolute Gasteiger partial charge is 0.165 e. The Morgan fingerprint density at radius 2 is 2.14 bits per heavy atom. The lowest BCUT2D eigenvalue weighted by Crippen LogP contribution is -2.80. The van der Waals surface area contributed by atoms with Crippen molar-refractivity contribution in [3.8, 4) is 11.5 Å². The average molecular weight is 386 g/mol. The molecule has 28 heavy (non-hydrogen) atoms. The van der Waals surface area contributed by atoms with Gasteiger partial charge in [-0.3, -0.25) is 0 Å². The molecule has 2 heterocycles. The molecular formula is C23H31NO4. The van der Waals surface area contributed by atoms with Crippen molar-refractivity contribution < 1.29 is 19.2 Å². The van der Waals surface area contributed by atoms with Crippen molar-refractivity contribution in [1.29, 1.82) is 0 Å². The zero-order chi connectivity index (χ0) is 19.1. The fourth-order valence-corrected chi connectivity index (χ4v) is 7.30. The molecule has 2 saturated carbocycles. The molecule has 6 rings (SSSR count). The van der Waals surface area contributed by atoms with Gasteiger partial charge in [-0.25, -0.2) is 0 Å². The molecule has 1 aromatic carbocycles. The number of aromatic hydroxyl groups is 1. The van der Waals surface area contributed by atoms with Crippen molar-refractivity contribution in [2.75, 3.05) is 19.7 Å². The Morgan fingerprint density at radius 3 is 2.93 bits per heavy atom. The third-order valence-corrected chi connectivity index (χ3v) is 8.48. The van der Waals surface area contributed by atoms with Gasteiger partial charge in [0.2, 0.25) is 0 Å². The molecule has 0 radical (unpaired) electrons. The maximum absolute atomic E-state index is 14.3. The molecule has 2 aliphatic heterocycles. The first-order valence-electron chi connectivity index (χ1n) is 11.3. The highest BCUT2D eigenvalue weighted by Gasteiger charge is 2.75. The van der Waals surface area contributed by atoms with Crippen LogP contribution in [-0.4, -0.2) is 47.2 Å². The van der Waals surface area contributed by atoms with Crippen molar-refractivity contribution in [3.05, 3.63) is 28.5 Å². The topological polar surface area (TPSA) is 61.8 Å². The van der Waals surface area contributed by atoms with Crippen molar-refractivity contribution in [1.82, 2.24) is 0 Å². The molecule has 1 unspecified atom stereocenters. The monoisotopic (exact) mass is 385 g/mol. The van der Waals surface area contributed by atoms with Gasteiger partial charge in [0.15, 0.2) is 11.5 Å². The summed E-state index contributed by atoms with van der Waals surface area (Å²) >= 11 is 0. The molecule has 3 fully saturated rings. The number of nitrogens with zero attached hydrogens (tertiary/aromatic N) is 1. The molecule has 5 heteroatoms. The molecular weight excluding hydrogens is 354 g/mol. The molecule has 1 aromatic rings. The van der Waals surface area contributed by atoms with E-state index >= 15 is 0 Å². The van der Waals surface area contributed by atoms with Crippen LogP contribution in [-0.2, 0) is 16.6 Å². The van der Waals surface area contributed by atoms with Gasteiger partial charge in [0.25, 0.3) is 0 Å². The minimum Gasteiger partial charge on any atom is -0.632 e. The molecule has 1 N–H and O–H groups in total. The van der Waals surface area contributed by atoms with E-state index in [1.165, 1.54) is 24.0 Å². The second kappa shape index (κ2) is 5.65. The number of likely N-dealkylation sites (tertiary alicyclic amines) is 1.